The molecule has 2 heterocycles. The third-order valence-electron chi connectivity index (χ3n) is 2.32. The number of benzene rings is 1. The molecule has 68 valence electrons. The number of aromatic nitrogens is 3. The molecule has 0 bridgehead atoms. The van der Waals surface area contributed by atoms with Gasteiger partial charge in [0.05, 0.1) is 5.52 Å². The van der Waals surface area contributed by atoms with Crippen molar-refractivity contribution in [3.63, 3.8) is 0 Å². The first-order valence-electron chi connectivity index (χ1n) is 4.31. The van der Waals surface area contributed by atoms with Crippen LogP contribution >= 0.6 is 0 Å². The molecule has 1 aromatic carbocycles. The largest absolute Gasteiger partial charge is 0.369 e. The zero-order valence-electron chi connectivity index (χ0n) is 7.36. The third kappa shape index (κ3) is 0.877. The van der Waals surface area contributed by atoms with E-state index in [1.807, 2.05) is 24.5 Å². The molecule has 0 radical (unpaired) electrons. The van der Waals surface area contributed by atoms with Crippen molar-refractivity contribution in [3.8, 4) is 0 Å². The van der Waals surface area contributed by atoms with Crippen molar-refractivity contribution in [1.82, 2.24) is 15.0 Å². The van der Waals surface area contributed by atoms with Crippen molar-refractivity contribution in [2.75, 3.05) is 5.73 Å². The van der Waals surface area contributed by atoms with E-state index in [0.717, 1.165) is 21.7 Å². The molecule has 0 unspecified atom stereocenters. The summed E-state index contributed by atoms with van der Waals surface area (Å²) in [4.78, 5) is 11.1. The maximum absolute atomic E-state index is 5.60. The van der Waals surface area contributed by atoms with Crippen molar-refractivity contribution in [2.45, 2.75) is 0 Å². The van der Waals surface area contributed by atoms with Crippen LogP contribution in [0.15, 0.2) is 30.7 Å². The van der Waals surface area contributed by atoms with E-state index in [4.69, 9.17) is 5.73 Å². The Balaban J connectivity index is 2.60. The minimum atomic E-state index is 0.422. The van der Waals surface area contributed by atoms with E-state index < -0.39 is 0 Å². The van der Waals surface area contributed by atoms with Gasteiger partial charge in [0, 0.05) is 34.7 Å². The summed E-state index contributed by atoms with van der Waals surface area (Å²) in [6, 6.07) is 4.03. The highest BCUT2D eigenvalue weighted by molar-refractivity contribution is 6.04. The standard InChI is InChI=1S/C10H8N4/c11-10-13-4-7-2-1-6-3-12-5-8(6)9(7)14-10/h1-5H,(H3,11,13,14). The minimum Gasteiger partial charge on any atom is -0.369 e. The number of hydrogen-bond donors (Lipinski definition) is 2. The quantitative estimate of drug-likeness (QED) is 0.558. The first kappa shape index (κ1) is 7.32. The molecular formula is C10H8N4. The van der Waals surface area contributed by atoms with Crippen LogP contribution in [0.4, 0.5) is 5.95 Å². The van der Waals surface area contributed by atoms with Crippen LogP contribution in [0.3, 0.4) is 0 Å². The van der Waals surface area contributed by atoms with Crippen molar-refractivity contribution < 1.29 is 0 Å². The topological polar surface area (TPSA) is 67.6 Å². The summed E-state index contributed by atoms with van der Waals surface area (Å²) in [5.74, 6) is 0.422. The number of fused-ring (bicyclic) bond motifs is 3. The van der Waals surface area contributed by atoms with Crippen LogP contribution in [-0.2, 0) is 0 Å². The fraction of sp³-hybridized carbons (Fsp3) is 0. The molecule has 3 N–H and O–H groups in total. The monoisotopic (exact) mass is 184 g/mol. The Kier molecular flexibility index (Phi) is 1.28. The summed E-state index contributed by atoms with van der Waals surface area (Å²) in [7, 11) is 0. The number of nitrogens with two attached hydrogens (primary N) is 1. The van der Waals surface area contributed by atoms with Gasteiger partial charge < -0.3 is 10.7 Å². The van der Waals surface area contributed by atoms with Crippen LogP contribution in [0.5, 0.6) is 0 Å². The fourth-order valence-electron chi connectivity index (χ4n) is 1.64. The summed E-state index contributed by atoms with van der Waals surface area (Å²) >= 11 is 0. The Morgan fingerprint density at radius 3 is 2.86 bits per heavy atom. The van der Waals surface area contributed by atoms with E-state index in [1.54, 1.807) is 6.20 Å². The van der Waals surface area contributed by atoms with E-state index in [0.29, 0.717) is 5.95 Å². The van der Waals surface area contributed by atoms with Gasteiger partial charge in [0.25, 0.3) is 0 Å². The minimum absolute atomic E-state index is 0.422. The van der Waals surface area contributed by atoms with Gasteiger partial charge in [-0.05, 0) is 0 Å². The molecule has 4 nitrogen and oxygen atoms in total. The molecule has 0 atom stereocenters. The molecule has 0 fully saturated rings. The van der Waals surface area contributed by atoms with E-state index in [1.165, 1.54) is 0 Å². The van der Waals surface area contributed by atoms with Crippen LogP contribution in [0.25, 0.3) is 21.7 Å². The second kappa shape index (κ2) is 2.45. The number of H-pyrrole nitrogens is 1. The highest BCUT2D eigenvalue weighted by atomic mass is 15.0. The van der Waals surface area contributed by atoms with E-state index in [-0.39, 0.29) is 0 Å². The zero-order chi connectivity index (χ0) is 9.54. The smallest absolute Gasteiger partial charge is 0.197 e. The second-order valence-corrected chi connectivity index (χ2v) is 3.21. The maximum Gasteiger partial charge on any atom is 0.197 e. The molecule has 14 heavy (non-hydrogen) atoms. The predicted octanol–water partition coefficient (Wildman–Crippen LogP) is 1.69. The number of anilines is 1. The lowest BCUT2D eigenvalue weighted by atomic mass is 10.1. The highest BCUT2D eigenvalue weighted by Gasteiger charge is 2.02. The van der Waals surface area contributed by atoms with Crippen molar-refractivity contribution in [3.05, 3.63) is 30.7 Å². The van der Waals surface area contributed by atoms with Crippen LogP contribution < -0.4 is 5.73 Å². The Hall–Kier alpha value is -2.10. The molecule has 0 aliphatic rings. The molecule has 2 aromatic heterocycles. The van der Waals surface area contributed by atoms with Gasteiger partial charge in [-0.1, -0.05) is 12.1 Å². The van der Waals surface area contributed by atoms with Crippen molar-refractivity contribution in [1.29, 1.82) is 0 Å². The number of nitrogens with one attached hydrogen (secondary N) is 1. The number of aromatic amines is 1. The lowest BCUT2D eigenvalue weighted by Gasteiger charge is -2.00. The average molecular weight is 184 g/mol. The summed E-state index contributed by atoms with van der Waals surface area (Å²) in [5, 5.41) is 3.23. The van der Waals surface area contributed by atoms with Crippen LogP contribution in [0, 0.1) is 0 Å². The van der Waals surface area contributed by atoms with E-state index in [2.05, 4.69) is 15.0 Å². The fourth-order valence-corrected chi connectivity index (χ4v) is 1.64. The van der Waals surface area contributed by atoms with Gasteiger partial charge in [-0.15, -0.1) is 0 Å². The number of nitrogen functional groups attached to an aromatic ring is 1. The van der Waals surface area contributed by atoms with Gasteiger partial charge in [-0.2, -0.15) is 0 Å². The van der Waals surface area contributed by atoms with Crippen molar-refractivity contribution >= 4 is 27.6 Å². The summed E-state index contributed by atoms with van der Waals surface area (Å²) in [5.41, 5.74) is 6.59. The van der Waals surface area contributed by atoms with Gasteiger partial charge in [-0.3, -0.25) is 4.98 Å². The Labute approximate surface area is 79.8 Å². The molecule has 0 saturated heterocycles. The van der Waals surface area contributed by atoms with Gasteiger partial charge in [0.2, 0.25) is 0 Å². The molecule has 3 aromatic rings. The first-order valence-corrected chi connectivity index (χ1v) is 4.31. The highest BCUT2D eigenvalue weighted by Crippen LogP contribution is 2.22. The zero-order valence-corrected chi connectivity index (χ0v) is 7.36. The van der Waals surface area contributed by atoms with Gasteiger partial charge >= 0.3 is 0 Å². The molecule has 0 amide bonds. The van der Waals surface area contributed by atoms with Crippen LogP contribution in [0.2, 0.25) is 0 Å². The van der Waals surface area contributed by atoms with Gasteiger partial charge in [0.15, 0.2) is 5.95 Å². The molecule has 0 aliphatic heterocycles. The Morgan fingerprint density at radius 1 is 1.07 bits per heavy atom. The van der Waals surface area contributed by atoms with Crippen LogP contribution in [-0.4, -0.2) is 15.0 Å². The molecule has 3 rings (SSSR count). The van der Waals surface area contributed by atoms with E-state index in [9.17, 15) is 0 Å². The third-order valence-corrected chi connectivity index (χ3v) is 2.32. The predicted molar refractivity (Wildman–Crippen MR) is 55.8 cm³/mol. The lowest BCUT2D eigenvalue weighted by molar-refractivity contribution is 1.24. The lowest BCUT2D eigenvalue weighted by Crippen LogP contribution is -1.93. The average Bonchev–Trinajstić information content (AvgIpc) is 2.65. The number of hydrogen-bond acceptors (Lipinski definition) is 3. The van der Waals surface area contributed by atoms with Crippen molar-refractivity contribution in [2.24, 2.45) is 0 Å². The molecule has 0 saturated carbocycles. The summed E-state index contributed by atoms with van der Waals surface area (Å²) in [6.07, 6.45) is 5.42. The SMILES string of the molecule is Nc1ncc2ccc3cncc3c2[nH]1. The normalized spacial score (nSPS) is 11.1. The number of rotatable bonds is 0. The molecule has 0 aliphatic carbocycles. The molecular weight excluding hydrogens is 176 g/mol. The molecule has 0 spiro atoms. The van der Waals surface area contributed by atoms with Crippen LogP contribution in [0.1, 0.15) is 0 Å². The second-order valence-electron chi connectivity index (χ2n) is 3.21. The summed E-state index contributed by atoms with van der Waals surface area (Å²) < 4.78 is 0. The Morgan fingerprint density at radius 2 is 1.93 bits per heavy atom. The number of nitrogens with zero attached hydrogens (tertiary/aromatic N) is 2. The maximum atomic E-state index is 5.60. The Bertz CT molecular complexity index is 612. The first-order chi connectivity index (χ1) is 6.84. The van der Waals surface area contributed by atoms with Gasteiger partial charge in [-0.25, -0.2) is 4.98 Å². The van der Waals surface area contributed by atoms with Gasteiger partial charge in [0.1, 0.15) is 0 Å². The molecule has 4 heteroatoms. The van der Waals surface area contributed by atoms with E-state index >= 15 is 0 Å². The summed E-state index contributed by atoms with van der Waals surface area (Å²) in [6.45, 7) is 0.